The zero-order valence-electron chi connectivity index (χ0n) is 10.9. The van der Waals surface area contributed by atoms with Crippen molar-refractivity contribution in [3.63, 3.8) is 0 Å². The fourth-order valence-electron chi connectivity index (χ4n) is 1.48. The molecular weight excluding hydrogens is 254 g/mol. The second kappa shape index (κ2) is 5.49. The van der Waals surface area contributed by atoms with Crippen molar-refractivity contribution in [1.29, 1.82) is 0 Å². The van der Waals surface area contributed by atoms with Crippen LogP contribution in [0.15, 0.2) is 23.1 Å². The monoisotopic (exact) mass is 271 g/mol. The summed E-state index contributed by atoms with van der Waals surface area (Å²) in [4.78, 5) is 11.8. The average molecular weight is 271 g/mol. The third kappa shape index (κ3) is 2.88. The van der Waals surface area contributed by atoms with Gasteiger partial charge in [0.25, 0.3) is 0 Å². The summed E-state index contributed by atoms with van der Waals surface area (Å²) in [5, 5.41) is 0. The molecule has 5 nitrogen and oxygen atoms in total. The number of hydrogen-bond acceptors (Lipinski definition) is 4. The number of rotatable bonds is 5. The molecule has 0 heterocycles. The van der Waals surface area contributed by atoms with Crippen LogP contribution in [0, 0.1) is 5.92 Å². The molecule has 6 heteroatoms. The van der Waals surface area contributed by atoms with Crippen LogP contribution >= 0.6 is 0 Å². The van der Waals surface area contributed by atoms with Gasteiger partial charge in [-0.1, -0.05) is 13.8 Å². The molecule has 1 N–H and O–H groups in total. The molecule has 1 rings (SSSR count). The summed E-state index contributed by atoms with van der Waals surface area (Å²) in [6.45, 7) is 3.53. The van der Waals surface area contributed by atoms with Gasteiger partial charge in [0.05, 0.1) is 7.11 Å². The second-order valence-electron chi connectivity index (χ2n) is 4.09. The number of methoxy groups -OCH3 is 1. The van der Waals surface area contributed by atoms with Crippen LogP contribution in [0.1, 0.15) is 24.2 Å². The van der Waals surface area contributed by atoms with Crippen LogP contribution in [0.2, 0.25) is 0 Å². The van der Waals surface area contributed by atoms with Gasteiger partial charge in [0.2, 0.25) is 10.0 Å². The highest BCUT2D eigenvalue weighted by Crippen LogP contribution is 2.25. The third-order valence-electron chi connectivity index (χ3n) is 2.53. The largest absolute Gasteiger partial charge is 0.495 e. The second-order valence-corrected chi connectivity index (χ2v) is 5.95. The van der Waals surface area contributed by atoms with Gasteiger partial charge in [-0.25, -0.2) is 13.1 Å². The summed E-state index contributed by atoms with van der Waals surface area (Å²) in [7, 11) is -0.956. The van der Waals surface area contributed by atoms with Crippen LogP contribution in [0.3, 0.4) is 0 Å². The molecule has 0 amide bonds. The number of Topliss-reactive ketones (excluding diaryl/α,β-unsaturated/α-hetero) is 1. The van der Waals surface area contributed by atoms with Crippen molar-refractivity contribution in [3.05, 3.63) is 23.8 Å². The van der Waals surface area contributed by atoms with Gasteiger partial charge in [0.15, 0.2) is 5.78 Å². The predicted octanol–water partition coefficient (Wildman–Crippen LogP) is 1.44. The standard InChI is InChI=1S/C12H17NO4S/c1-8(2)12(14)9-5-6-10(17-4)11(7-9)18(15,16)13-3/h5-8,13H,1-4H3. The highest BCUT2D eigenvalue weighted by atomic mass is 32.2. The summed E-state index contributed by atoms with van der Waals surface area (Å²) in [5.41, 5.74) is 0.361. The van der Waals surface area contributed by atoms with Crippen molar-refractivity contribution in [3.8, 4) is 5.75 Å². The molecule has 1 aromatic carbocycles. The molecule has 0 radical (unpaired) electrons. The Morgan fingerprint density at radius 2 is 1.94 bits per heavy atom. The van der Waals surface area contributed by atoms with Gasteiger partial charge < -0.3 is 4.74 Å². The maximum atomic E-state index is 11.9. The minimum absolute atomic E-state index is 0.0287. The van der Waals surface area contributed by atoms with Crippen LogP contribution in [0.4, 0.5) is 0 Å². The number of sulfonamides is 1. The molecular formula is C12H17NO4S. The van der Waals surface area contributed by atoms with E-state index in [1.807, 2.05) is 0 Å². The molecule has 100 valence electrons. The van der Waals surface area contributed by atoms with Gasteiger partial charge in [-0.2, -0.15) is 0 Å². The van der Waals surface area contributed by atoms with E-state index >= 15 is 0 Å². The zero-order valence-corrected chi connectivity index (χ0v) is 11.7. The molecule has 1 aromatic rings. The highest BCUT2D eigenvalue weighted by molar-refractivity contribution is 7.89. The summed E-state index contributed by atoms with van der Waals surface area (Å²) in [6.07, 6.45) is 0. The molecule has 0 saturated heterocycles. The Kier molecular flexibility index (Phi) is 4.48. The smallest absolute Gasteiger partial charge is 0.244 e. The van der Waals surface area contributed by atoms with Crippen molar-refractivity contribution in [2.24, 2.45) is 5.92 Å². The number of nitrogens with one attached hydrogen (secondary N) is 1. The summed E-state index contributed by atoms with van der Waals surface area (Å²) >= 11 is 0. The lowest BCUT2D eigenvalue weighted by molar-refractivity contribution is 0.0939. The summed E-state index contributed by atoms with van der Waals surface area (Å²) < 4.78 is 30.9. The SMILES string of the molecule is CNS(=O)(=O)c1cc(C(=O)C(C)C)ccc1OC. The van der Waals surface area contributed by atoms with E-state index in [4.69, 9.17) is 4.74 Å². The molecule has 0 spiro atoms. The Morgan fingerprint density at radius 3 is 2.39 bits per heavy atom. The summed E-state index contributed by atoms with van der Waals surface area (Å²) in [6, 6.07) is 4.39. The van der Waals surface area contributed by atoms with Crippen LogP contribution in [-0.4, -0.2) is 28.4 Å². The van der Waals surface area contributed by atoms with Gasteiger partial charge in [-0.3, -0.25) is 4.79 Å². The molecule has 0 unspecified atom stereocenters. The van der Waals surface area contributed by atoms with E-state index in [0.29, 0.717) is 5.56 Å². The van der Waals surface area contributed by atoms with Crippen molar-refractivity contribution in [2.75, 3.05) is 14.2 Å². The van der Waals surface area contributed by atoms with Gasteiger partial charge in [0.1, 0.15) is 10.6 Å². The minimum atomic E-state index is -3.65. The quantitative estimate of drug-likeness (QED) is 0.822. The molecule has 0 fully saturated rings. The van der Waals surface area contributed by atoms with Crippen LogP contribution in [0.5, 0.6) is 5.75 Å². The maximum absolute atomic E-state index is 11.9. The van der Waals surface area contributed by atoms with E-state index in [0.717, 1.165) is 0 Å². The number of carbonyl (C=O) groups is 1. The molecule has 0 bridgehead atoms. The Bertz CT molecular complexity index is 549. The van der Waals surface area contributed by atoms with E-state index in [-0.39, 0.29) is 22.3 Å². The lowest BCUT2D eigenvalue weighted by Crippen LogP contribution is -2.20. The molecule has 0 aliphatic heterocycles. The van der Waals surface area contributed by atoms with Crippen LogP contribution in [-0.2, 0) is 10.0 Å². The Hall–Kier alpha value is -1.40. The maximum Gasteiger partial charge on any atom is 0.244 e. The fourth-order valence-corrected chi connectivity index (χ4v) is 2.40. The van der Waals surface area contributed by atoms with E-state index < -0.39 is 10.0 Å². The van der Waals surface area contributed by atoms with Gasteiger partial charge in [-0.05, 0) is 25.2 Å². The lowest BCUT2D eigenvalue weighted by Gasteiger charge is -2.11. The van der Waals surface area contributed by atoms with E-state index in [2.05, 4.69) is 4.72 Å². The summed E-state index contributed by atoms with van der Waals surface area (Å²) in [5.74, 6) is -0.0848. The van der Waals surface area contributed by atoms with Crippen molar-refractivity contribution >= 4 is 15.8 Å². The number of hydrogen-bond donors (Lipinski definition) is 1. The Morgan fingerprint density at radius 1 is 1.33 bits per heavy atom. The van der Waals surface area contributed by atoms with E-state index in [9.17, 15) is 13.2 Å². The number of benzene rings is 1. The number of ketones is 1. The molecule has 0 aliphatic carbocycles. The van der Waals surface area contributed by atoms with Crippen molar-refractivity contribution in [2.45, 2.75) is 18.7 Å². The first-order valence-electron chi connectivity index (χ1n) is 5.49. The zero-order chi connectivity index (χ0) is 13.9. The van der Waals surface area contributed by atoms with Crippen LogP contribution in [0.25, 0.3) is 0 Å². The Balaban J connectivity index is 3.40. The first-order valence-corrected chi connectivity index (χ1v) is 6.97. The normalized spacial score (nSPS) is 11.6. The molecule has 0 aliphatic rings. The molecule has 0 saturated carbocycles. The topological polar surface area (TPSA) is 72.5 Å². The minimum Gasteiger partial charge on any atom is -0.495 e. The third-order valence-corrected chi connectivity index (χ3v) is 3.97. The first-order chi connectivity index (χ1) is 8.33. The fraction of sp³-hybridized carbons (Fsp3) is 0.417. The van der Waals surface area contributed by atoms with Gasteiger partial charge >= 0.3 is 0 Å². The number of carbonyl (C=O) groups excluding carboxylic acids is 1. The highest BCUT2D eigenvalue weighted by Gasteiger charge is 2.20. The van der Waals surface area contributed by atoms with Gasteiger partial charge in [-0.15, -0.1) is 0 Å². The predicted molar refractivity (Wildman–Crippen MR) is 68.4 cm³/mol. The molecule has 0 aromatic heterocycles. The average Bonchev–Trinajstić information content (AvgIpc) is 2.36. The van der Waals surface area contributed by atoms with E-state index in [1.54, 1.807) is 19.9 Å². The molecule has 18 heavy (non-hydrogen) atoms. The Labute approximate surface area is 107 Å². The number of ether oxygens (including phenoxy) is 1. The van der Waals surface area contributed by atoms with Gasteiger partial charge in [0, 0.05) is 11.5 Å². The van der Waals surface area contributed by atoms with Crippen LogP contribution < -0.4 is 9.46 Å². The van der Waals surface area contributed by atoms with Crippen molar-refractivity contribution < 1.29 is 17.9 Å². The lowest BCUT2D eigenvalue weighted by atomic mass is 10.0. The van der Waals surface area contributed by atoms with E-state index in [1.165, 1.54) is 26.3 Å². The van der Waals surface area contributed by atoms with Crippen molar-refractivity contribution in [1.82, 2.24) is 4.72 Å². The first kappa shape index (κ1) is 14.7. The molecule has 0 atom stereocenters.